The van der Waals surface area contributed by atoms with Gasteiger partial charge in [0.25, 0.3) is 5.91 Å². The second kappa shape index (κ2) is 8.15. The normalized spacial score (nSPS) is 17.4. The third-order valence-corrected chi connectivity index (χ3v) is 6.61. The van der Waals surface area contributed by atoms with Crippen LogP contribution in [0.3, 0.4) is 0 Å². The molecule has 8 heteroatoms. The molecule has 1 aliphatic heterocycles. The number of aryl methyl sites for hydroxylation is 2. The molecule has 0 bridgehead atoms. The van der Waals surface area contributed by atoms with E-state index in [0.29, 0.717) is 37.3 Å². The zero-order valence-electron chi connectivity index (χ0n) is 17.6. The number of pyridine rings is 1. The second-order valence-electron chi connectivity index (χ2n) is 8.65. The number of carbonyl (C=O) groups is 1. The number of fused-ring (bicyclic) bond motifs is 3. The van der Waals surface area contributed by atoms with Crippen LogP contribution in [0.4, 0.5) is 19.0 Å². The lowest BCUT2D eigenvalue weighted by Gasteiger charge is -2.33. The molecule has 5 nitrogen and oxygen atoms in total. The summed E-state index contributed by atoms with van der Waals surface area (Å²) in [6, 6.07) is 8.39. The highest BCUT2D eigenvalue weighted by Gasteiger charge is 2.31. The van der Waals surface area contributed by atoms with Crippen LogP contribution in [0.1, 0.15) is 52.9 Å². The van der Waals surface area contributed by atoms with E-state index < -0.39 is 11.7 Å². The monoisotopic (exact) mass is 442 g/mol. The Balaban J connectivity index is 1.24. The number of nitrogens with one attached hydrogen (secondary N) is 2. The van der Waals surface area contributed by atoms with Crippen molar-refractivity contribution in [1.82, 2.24) is 15.3 Å². The van der Waals surface area contributed by atoms with Gasteiger partial charge in [-0.3, -0.25) is 4.79 Å². The lowest BCUT2D eigenvalue weighted by atomic mass is 9.95. The lowest BCUT2D eigenvalue weighted by molar-refractivity contribution is -0.137. The summed E-state index contributed by atoms with van der Waals surface area (Å²) in [4.78, 5) is 22.5. The van der Waals surface area contributed by atoms with Crippen molar-refractivity contribution in [2.45, 2.75) is 50.7 Å². The molecule has 3 heterocycles. The van der Waals surface area contributed by atoms with Crippen molar-refractivity contribution in [3.63, 3.8) is 0 Å². The summed E-state index contributed by atoms with van der Waals surface area (Å²) in [6.07, 6.45) is 2.36. The molecule has 5 rings (SSSR count). The van der Waals surface area contributed by atoms with E-state index in [1.165, 1.54) is 30.2 Å². The first-order valence-electron chi connectivity index (χ1n) is 11.1. The predicted octanol–water partition coefficient (Wildman–Crippen LogP) is 4.86. The highest BCUT2D eigenvalue weighted by Crippen LogP contribution is 2.32. The average Bonchev–Trinajstić information content (AvgIpc) is 3.18. The maximum Gasteiger partial charge on any atom is 0.417 e. The van der Waals surface area contributed by atoms with Gasteiger partial charge in [-0.25, -0.2) is 4.98 Å². The Bertz CT molecular complexity index is 1130. The summed E-state index contributed by atoms with van der Waals surface area (Å²) >= 11 is 0. The maximum atomic E-state index is 13.1. The molecular formula is C24H25F3N4O. The molecule has 0 unspecified atom stereocenters. The van der Waals surface area contributed by atoms with Crippen molar-refractivity contribution in [2.24, 2.45) is 0 Å². The number of alkyl halides is 3. The van der Waals surface area contributed by atoms with Crippen molar-refractivity contribution in [1.29, 1.82) is 0 Å². The topological polar surface area (TPSA) is 61.0 Å². The Morgan fingerprint density at radius 1 is 1.09 bits per heavy atom. The van der Waals surface area contributed by atoms with Gasteiger partial charge in [-0.1, -0.05) is 12.1 Å². The number of rotatable bonds is 3. The number of piperidine rings is 1. The van der Waals surface area contributed by atoms with Gasteiger partial charge >= 0.3 is 6.18 Å². The van der Waals surface area contributed by atoms with Gasteiger partial charge in [-0.05, 0) is 62.3 Å². The van der Waals surface area contributed by atoms with Gasteiger partial charge in [0, 0.05) is 36.4 Å². The molecule has 2 N–H and O–H groups in total. The maximum absolute atomic E-state index is 13.1. The van der Waals surface area contributed by atoms with Gasteiger partial charge in [0.05, 0.1) is 16.6 Å². The quantitative estimate of drug-likeness (QED) is 0.609. The third-order valence-electron chi connectivity index (χ3n) is 6.61. The molecule has 1 aliphatic carbocycles. The van der Waals surface area contributed by atoms with Crippen LogP contribution < -0.4 is 10.2 Å². The highest BCUT2D eigenvalue weighted by molar-refractivity contribution is 6.07. The van der Waals surface area contributed by atoms with Crippen LogP contribution in [0.15, 0.2) is 36.5 Å². The smallest absolute Gasteiger partial charge is 0.358 e. The van der Waals surface area contributed by atoms with Gasteiger partial charge in [0.1, 0.15) is 5.82 Å². The number of hydrogen-bond donors (Lipinski definition) is 2. The van der Waals surface area contributed by atoms with Crippen LogP contribution in [0.25, 0.3) is 10.9 Å². The molecule has 0 saturated carbocycles. The minimum Gasteiger partial charge on any atom is -0.358 e. The number of amides is 1. The number of para-hydroxylation sites is 1. The summed E-state index contributed by atoms with van der Waals surface area (Å²) in [6.45, 7) is 1.26. The molecule has 0 atom stereocenters. The third kappa shape index (κ3) is 3.94. The minimum absolute atomic E-state index is 0.0213. The number of H-pyrrole nitrogens is 1. The fraction of sp³-hybridized carbons (Fsp3) is 0.417. The zero-order valence-corrected chi connectivity index (χ0v) is 17.6. The van der Waals surface area contributed by atoms with Crippen LogP contribution in [-0.2, 0) is 19.0 Å². The summed E-state index contributed by atoms with van der Waals surface area (Å²) in [5, 5.41) is 4.30. The SMILES string of the molecule is O=C(NC1CCN(c2ccc(C(F)(F)F)cn2)CC1)c1cccc2c3c([nH]c12)CCCC3. The molecule has 3 aromatic rings. The first kappa shape index (κ1) is 20.8. The fourth-order valence-electron chi connectivity index (χ4n) is 4.88. The van der Waals surface area contributed by atoms with Crippen molar-refractivity contribution in [3.8, 4) is 0 Å². The Morgan fingerprint density at radius 2 is 1.88 bits per heavy atom. The van der Waals surface area contributed by atoms with Gasteiger partial charge in [-0.2, -0.15) is 13.2 Å². The van der Waals surface area contributed by atoms with E-state index in [4.69, 9.17) is 0 Å². The highest BCUT2D eigenvalue weighted by atomic mass is 19.4. The fourth-order valence-corrected chi connectivity index (χ4v) is 4.88. The Labute approximate surface area is 184 Å². The number of hydrogen-bond acceptors (Lipinski definition) is 3. The molecule has 0 spiro atoms. The van der Waals surface area contributed by atoms with E-state index in [2.05, 4.69) is 21.4 Å². The van der Waals surface area contributed by atoms with Gasteiger partial charge in [0.2, 0.25) is 0 Å². The summed E-state index contributed by atoms with van der Waals surface area (Å²) in [5.74, 6) is 0.449. The first-order valence-corrected chi connectivity index (χ1v) is 11.1. The Morgan fingerprint density at radius 3 is 2.59 bits per heavy atom. The van der Waals surface area contributed by atoms with Gasteiger partial charge in [0.15, 0.2) is 0 Å². The van der Waals surface area contributed by atoms with Crippen molar-refractivity contribution >= 4 is 22.6 Å². The summed E-state index contributed by atoms with van der Waals surface area (Å²) < 4.78 is 38.2. The number of halogens is 3. The predicted molar refractivity (Wildman–Crippen MR) is 117 cm³/mol. The molecule has 32 heavy (non-hydrogen) atoms. The molecule has 1 saturated heterocycles. The summed E-state index contributed by atoms with van der Waals surface area (Å²) in [7, 11) is 0. The molecule has 2 aliphatic rings. The zero-order chi connectivity index (χ0) is 22.3. The van der Waals surface area contributed by atoms with Crippen molar-refractivity contribution in [2.75, 3.05) is 18.0 Å². The van der Waals surface area contributed by atoms with Crippen LogP contribution in [0.2, 0.25) is 0 Å². The Hall–Kier alpha value is -3.03. The van der Waals surface area contributed by atoms with E-state index in [1.54, 1.807) is 0 Å². The summed E-state index contributed by atoms with van der Waals surface area (Å²) in [5.41, 5.74) is 3.44. The number of nitrogens with zero attached hydrogens (tertiary/aromatic N) is 2. The number of carbonyl (C=O) groups excluding carboxylic acids is 1. The van der Waals surface area contributed by atoms with E-state index in [1.807, 2.05) is 17.0 Å². The lowest BCUT2D eigenvalue weighted by Crippen LogP contribution is -2.45. The van der Waals surface area contributed by atoms with Gasteiger partial charge < -0.3 is 15.2 Å². The minimum atomic E-state index is -4.38. The molecular weight excluding hydrogens is 417 g/mol. The number of anilines is 1. The number of aromatic amines is 1. The Kier molecular flexibility index (Phi) is 5.31. The average molecular weight is 442 g/mol. The number of benzene rings is 1. The van der Waals surface area contributed by atoms with E-state index in [0.717, 1.165) is 36.0 Å². The molecule has 168 valence electrons. The van der Waals surface area contributed by atoms with Crippen LogP contribution in [0, 0.1) is 0 Å². The first-order chi connectivity index (χ1) is 15.4. The van der Waals surface area contributed by atoms with E-state index in [-0.39, 0.29) is 11.9 Å². The molecule has 1 aromatic carbocycles. The van der Waals surface area contributed by atoms with Crippen molar-refractivity contribution in [3.05, 3.63) is 58.9 Å². The number of aromatic nitrogens is 2. The second-order valence-corrected chi connectivity index (χ2v) is 8.65. The van der Waals surface area contributed by atoms with Crippen LogP contribution in [-0.4, -0.2) is 35.0 Å². The van der Waals surface area contributed by atoms with Gasteiger partial charge in [-0.15, -0.1) is 0 Å². The van der Waals surface area contributed by atoms with Crippen LogP contribution in [0.5, 0.6) is 0 Å². The van der Waals surface area contributed by atoms with Crippen LogP contribution >= 0.6 is 0 Å². The van der Waals surface area contributed by atoms with E-state index >= 15 is 0 Å². The largest absolute Gasteiger partial charge is 0.417 e. The molecule has 2 aromatic heterocycles. The van der Waals surface area contributed by atoms with Crippen molar-refractivity contribution < 1.29 is 18.0 Å². The molecule has 1 amide bonds. The molecule has 0 radical (unpaired) electrons. The van der Waals surface area contributed by atoms with E-state index in [9.17, 15) is 18.0 Å². The molecule has 1 fully saturated rings. The standard InChI is InChI=1S/C24H25F3N4O/c25-24(26,27)15-8-9-21(28-14-15)31-12-10-16(11-13-31)29-23(32)19-6-3-5-18-17-4-1-2-7-20(17)30-22(18)19/h3,5-6,8-9,14,16,30H,1-2,4,7,10-13H2,(H,29,32).